The summed E-state index contributed by atoms with van der Waals surface area (Å²) in [6.07, 6.45) is 2.28. The summed E-state index contributed by atoms with van der Waals surface area (Å²) in [5, 5.41) is 11.2. The van der Waals surface area contributed by atoms with Crippen LogP contribution < -0.4 is 4.90 Å². The Labute approximate surface area is 116 Å². The standard InChI is InChI=1S/C14H15N3OS/c1-10-4-6-17(7-5-10)14-11(9-15)16-13(18-14)12-3-2-8-19-12/h2-3,8,10H,4-7H2,1H3. The van der Waals surface area contributed by atoms with Crippen molar-refractivity contribution in [3.05, 3.63) is 23.2 Å². The number of oxazole rings is 1. The van der Waals surface area contributed by atoms with Crippen LogP contribution in [0.25, 0.3) is 10.8 Å². The Bertz CT molecular complexity index is 589. The van der Waals surface area contributed by atoms with Gasteiger partial charge in [-0.1, -0.05) is 13.0 Å². The van der Waals surface area contributed by atoms with Crippen molar-refractivity contribution in [2.45, 2.75) is 19.8 Å². The van der Waals surface area contributed by atoms with E-state index in [1.807, 2.05) is 17.5 Å². The summed E-state index contributed by atoms with van der Waals surface area (Å²) in [5.74, 6) is 1.94. The van der Waals surface area contributed by atoms with E-state index in [0.717, 1.165) is 36.7 Å². The second-order valence-corrected chi connectivity index (χ2v) is 5.88. The van der Waals surface area contributed by atoms with Crippen LogP contribution in [0.15, 0.2) is 21.9 Å². The second kappa shape index (κ2) is 5.06. The largest absolute Gasteiger partial charge is 0.418 e. The quantitative estimate of drug-likeness (QED) is 0.840. The van der Waals surface area contributed by atoms with E-state index >= 15 is 0 Å². The molecule has 0 aromatic carbocycles. The monoisotopic (exact) mass is 273 g/mol. The highest BCUT2D eigenvalue weighted by atomic mass is 32.1. The normalized spacial score (nSPS) is 16.5. The van der Waals surface area contributed by atoms with Gasteiger partial charge >= 0.3 is 0 Å². The van der Waals surface area contributed by atoms with Crippen LogP contribution in [0.5, 0.6) is 0 Å². The first-order chi connectivity index (χ1) is 9.28. The van der Waals surface area contributed by atoms with Crippen molar-refractivity contribution in [1.29, 1.82) is 5.26 Å². The molecule has 3 rings (SSSR count). The van der Waals surface area contributed by atoms with Crippen molar-refractivity contribution in [1.82, 2.24) is 4.98 Å². The summed E-state index contributed by atoms with van der Waals surface area (Å²) in [5.41, 5.74) is 0.401. The van der Waals surface area contributed by atoms with Crippen molar-refractivity contribution in [2.24, 2.45) is 5.92 Å². The molecule has 1 saturated heterocycles. The molecule has 0 aliphatic carbocycles. The molecule has 0 bridgehead atoms. The average Bonchev–Trinajstić information content (AvgIpc) is 3.08. The van der Waals surface area contributed by atoms with Gasteiger partial charge in [0, 0.05) is 13.1 Å². The van der Waals surface area contributed by atoms with Crippen LogP contribution >= 0.6 is 11.3 Å². The van der Waals surface area contributed by atoms with Gasteiger partial charge in [0.15, 0.2) is 0 Å². The predicted octanol–water partition coefficient (Wildman–Crippen LogP) is 3.51. The van der Waals surface area contributed by atoms with Crippen molar-refractivity contribution in [3.8, 4) is 16.8 Å². The van der Waals surface area contributed by atoms with Crippen LogP contribution in [0, 0.1) is 17.2 Å². The number of hydrogen-bond acceptors (Lipinski definition) is 5. The minimum absolute atomic E-state index is 0.401. The van der Waals surface area contributed by atoms with Gasteiger partial charge in [-0.25, -0.2) is 0 Å². The van der Waals surface area contributed by atoms with E-state index in [1.165, 1.54) is 0 Å². The summed E-state index contributed by atoms with van der Waals surface area (Å²) >= 11 is 1.57. The number of nitrogens with zero attached hydrogens (tertiary/aromatic N) is 3. The van der Waals surface area contributed by atoms with E-state index in [2.05, 4.69) is 22.9 Å². The molecule has 4 nitrogen and oxygen atoms in total. The fourth-order valence-electron chi connectivity index (χ4n) is 2.32. The molecule has 3 heterocycles. The maximum absolute atomic E-state index is 9.22. The molecule has 19 heavy (non-hydrogen) atoms. The zero-order chi connectivity index (χ0) is 13.2. The Morgan fingerprint density at radius 3 is 2.89 bits per heavy atom. The Morgan fingerprint density at radius 1 is 1.47 bits per heavy atom. The van der Waals surface area contributed by atoms with Crippen molar-refractivity contribution >= 4 is 17.2 Å². The summed E-state index contributed by atoms with van der Waals surface area (Å²) < 4.78 is 5.83. The van der Waals surface area contributed by atoms with Crippen molar-refractivity contribution in [2.75, 3.05) is 18.0 Å². The molecule has 0 saturated carbocycles. The van der Waals surface area contributed by atoms with E-state index in [1.54, 1.807) is 11.3 Å². The summed E-state index contributed by atoms with van der Waals surface area (Å²) in [4.78, 5) is 7.41. The third-order valence-electron chi connectivity index (χ3n) is 3.52. The average molecular weight is 273 g/mol. The fraction of sp³-hybridized carbons (Fsp3) is 0.429. The van der Waals surface area contributed by atoms with Gasteiger partial charge in [0.2, 0.25) is 17.5 Å². The number of hydrogen-bond donors (Lipinski definition) is 0. The molecular weight excluding hydrogens is 258 g/mol. The molecule has 0 unspecified atom stereocenters. The van der Waals surface area contributed by atoms with Gasteiger partial charge in [-0.3, -0.25) is 0 Å². The molecule has 1 aliphatic rings. The zero-order valence-electron chi connectivity index (χ0n) is 10.8. The number of rotatable bonds is 2. The molecule has 1 fully saturated rings. The molecule has 0 atom stereocenters. The van der Waals surface area contributed by atoms with Crippen LogP contribution in [0.2, 0.25) is 0 Å². The van der Waals surface area contributed by atoms with Crippen LogP contribution in [0.4, 0.5) is 5.88 Å². The number of anilines is 1. The maximum atomic E-state index is 9.22. The van der Waals surface area contributed by atoms with E-state index < -0.39 is 0 Å². The Hall–Kier alpha value is -1.80. The number of piperidine rings is 1. The number of nitriles is 1. The zero-order valence-corrected chi connectivity index (χ0v) is 11.6. The lowest BCUT2D eigenvalue weighted by Crippen LogP contribution is -2.32. The van der Waals surface area contributed by atoms with Crippen molar-refractivity contribution in [3.63, 3.8) is 0 Å². The third kappa shape index (κ3) is 2.36. The van der Waals surface area contributed by atoms with Gasteiger partial charge in [0.25, 0.3) is 0 Å². The van der Waals surface area contributed by atoms with Gasteiger partial charge in [-0.15, -0.1) is 11.3 Å². The first-order valence-corrected chi connectivity index (χ1v) is 7.35. The third-order valence-corrected chi connectivity index (χ3v) is 4.38. The lowest BCUT2D eigenvalue weighted by molar-refractivity contribution is 0.418. The molecule has 0 spiro atoms. The summed E-state index contributed by atoms with van der Waals surface area (Å²) in [7, 11) is 0. The van der Waals surface area contributed by atoms with Gasteiger partial charge in [0.05, 0.1) is 4.88 Å². The molecule has 0 amide bonds. The number of thiophene rings is 1. The van der Waals surface area contributed by atoms with E-state index in [0.29, 0.717) is 17.5 Å². The summed E-state index contributed by atoms with van der Waals surface area (Å²) in [6, 6.07) is 6.06. The van der Waals surface area contributed by atoms with E-state index in [4.69, 9.17) is 4.42 Å². The lowest BCUT2D eigenvalue weighted by atomic mass is 9.99. The molecule has 2 aromatic rings. The topological polar surface area (TPSA) is 53.1 Å². The van der Waals surface area contributed by atoms with Gasteiger partial charge in [0.1, 0.15) is 6.07 Å². The first-order valence-electron chi connectivity index (χ1n) is 6.47. The Balaban J connectivity index is 1.91. The van der Waals surface area contributed by atoms with E-state index in [9.17, 15) is 5.26 Å². The molecule has 0 radical (unpaired) electrons. The number of aromatic nitrogens is 1. The highest BCUT2D eigenvalue weighted by Gasteiger charge is 2.24. The molecular formula is C14H15N3OS. The molecule has 1 aliphatic heterocycles. The molecule has 2 aromatic heterocycles. The minimum atomic E-state index is 0.401. The first kappa shape index (κ1) is 12.2. The molecule has 98 valence electrons. The summed E-state index contributed by atoms with van der Waals surface area (Å²) in [6.45, 7) is 4.14. The SMILES string of the molecule is CC1CCN(c2oc(-c3cccs3)nc2C#N)CC1. The highest BCUT2D eigenvalue weighted by Crippen LogP contribution is 2.32. The molecule has 0 N–H and O–H groups in total. The van der Waals surface area contributed by atoms with Crippen LogP contribution in [0.1, 0.15) is 25.5 Å². The predicted molar refractivity (Wildman–Crippen MR) is 75.1 cm³/mol. The minimum Gasteiger partial charge on any atom is -0.418 e. The lowest BCUT2D eigenvalue weighted by Gasteiger charge is -2.29. The molecule has 5 heteroatoms. The van der Waals surface area contributed by atoms with Gasteiger partial charge < -0.3 is 9.32 Å². The van der Waals surface area contributed by atoms with Crippen LogP contribution in [-0.2, 0) is 0 Å². The Morgan fingerprint density at radius 2 is 2.26 bits per heavy atom. The fourth-order valence-corrected chi connectivity index (χ4v) is 2.97. The van der Waals surface area contributed by atoms with E-state index in [-0.39, 0.29) is 0 Å². The maximum Gasteiger partial charge on any atom is 0.240 e. The van der Waals surface area contributed by atoms with Gasteiger partial charge in [-0.2, -0.15) is 10.2 Å². The van der Waals surface area contributed by atoms with Crippen LogP contribution in [0.3, 0.4) is 0 Å². The second-order valence-electron chi connectivity index (χ2n) is 4.93. The van der Waals surface area contributed by atoms with Crippen LogP contribution in [-0.4, -0.2) is 18.1 Å². The van der Waals surface area contributed by atoms with Gasteiger partial charge in [-0.05, 0) is 30.2 Å². The smallest absolute Gasteiger partial charge is 0.240 e. The Kier molecular flexibility index (Phi) is 3.26. The highest BCUT2D eigenvalue weighted by molar-refractivity contribution is 7.13. The van der Waals surface area contributed by atoms with Crippen molar-refractivity contribution < 1.29 is 4.42 Å².